The van der Waals surface area contributed by atoms with Gasteiger partial charge in [-0.1, -0.05) is 38.7 Å². The quantitative estimate of drug-likeness (QED) is 0.488. The number of rotatable bonds is 7. The fourth-order valence-electron chi connectivity index (χ4n) is 1.84. The lowest BCUT2D eigenvalue weighted by atomic mass is 10.0. The Morgan fingerprint density at radius 2 is 1.82 bits per heavy atom. The molecule has 0 aliphatic carbocycles. The zero-order chi connectivity index (χ0) is 12.7. The minimum Gasteiger partial charge on any atom is -0.505 e. The molecule has 0 saturated heterocycles. The highest BCUT2D eigenvalue weighted by Gasteiger charge is 2.11. The highest BCUT2D eigenvalue weighted by atomic mass is 16.3. The SMILES string of the molecule is CCCCCCCc1ccc(O)c(N=N)c1O. The predicted molar refractivity (Wildman–Crippen MR) is 67.0 cm³/mol. The molecule has 4 heteroatoms. The van der Waals surface area contributed by atoms with Gasteiger partial charge in [0, 0.05) is 0 Å². The van der Waals surface area contributed by atoms with Crippen LogP contribution in [0.25, 0.3) is 0 Å². The van der Waals surface area contributed by atoms with Gasteiger partial charge in [-0.05, 0) is 24.5 Å². The first kappa shape index (κ1) is 13.5. The summed E-state index contributed by atoms with van der Waals surface area (Å²) in [5.41, 5.74) is 7.62. The summed E-state index contributed by atoms with van der Waals surface area (Å²) in [5, 5.41) is 22.3. The fraction of sp³-hybridized carbons (Fsp3) is 0.538. The molecule has 0 aliphatic heterocycles. The Balaban J connectivity index is 2.57. The Bertz CT molecular complexity index is 378. The number of benzene rings is 1. The third-order valence-corrected chi connectivity index (χ3v) is 2.87. The lowest BCUT2D eigenvalue weighted by Crippen LogP contribution is -1.87. The van der Waals surface area contributed by atoms with Gasteiger partial charge in [0.2, 0.25) is 0 Å². The van der Waals surface area contributed by atoms with Gasteiger partial charge in [0.05, 0.1) is 0 Å². The molecule has 0 aliphatic rings. The normalized spacial score (nSPS) is 10.4. The van der Waals surface area contributed by atoms with E-state index in [2.05, 4.69) is 12.0 Å². The Labute approximate surface area is 102 Å². The number of nitrogens with zero attached hydrogens (tertiary/aromatic N) is 1. The summed E-state index contributed by atoms with van der Waals surface area (Å²) in [7, 11) is 0. The van der Waals surface area contributed by atoms with Crippen LogP contribution in [-0.2, 0) is 6.42 Å². The monoisotopic (exact) mass is 236 g/mol. The van der Waals surface area contributed by atoms with Crippen molar-refractivity contribution in [2.24, 2.45) is 5.11 Å². The molecule has 0 aromatic heterocycles. The maximum absolute atomic E-state index is 9.80. The van der Waals surface area contributed by atoms with E-state index in [0.717, 1.165) is 24.8 Å². The van der Waals surface area contributed by atoms with Crippen molar-refractivity contribution < 1.29 is 10.2 Å². The lowest BCUT2D eigenvalue weighted by Gasteiger charge is -2.07. The average Bonchev–Trinajstić information content (AvgIpc) is 2.32. The van der Waals surface area contributed by atoms with E-state index < -0.39 is 0 Å². The molecular weight excluding hydrogens is 216 g/mol. The van der Waals surface area contributed by atoms with Crippen molar-refractivity contribution in [1.29, 1.82) is 5.53 Å². The minimum absolute atomic E-state index is 0.0314. The van der Waals surface area contributed by atoms with Crippen LogP contribution in [-0.4, -0.2) is 10.2 Å². The van der Waals surface area contributed by atoms with E-state index in [0.29, 0.717) is 0 Å². The molecule has 0 spiro atoms. The van der Waals surface area contributed by atoms with Crippen LogP contribution in [0.2, 0.25) is 0 Å². The Hall–Kier alpha value is -1.58. The molecule has 1 aromatic rings. The molecule has 4 nitrogen and oxygen atoms in total. The first-order chi connectivity index (χ1) is 8.20. The first-order valence-electron chi connectivity index (χ1n) is 6.12. The van der Waals surface area contributed by atoms with Gasteiger partial charge < -0.3 is 10.2 Å². The van der Waals surface area contributed by atoms with Gasteiger partial charge in [-0.15, -0.1) is 0 Å². The van der Waals surface area contributed by atoms with Crippen LogP contribution >= 0.6 is 0 Å². The molecule has 1 aromatic carbocycles. The summed E-state index contributed by atoms with van der Waals surface area (Å²) in [6, 6.07) is 3.17. The van der Waals surface area contributed by atoms with Gasteiger partial charge in [0.25, 0.3) is 0 Å². The molecule has 0 unspecified atom stereocenters. The number of aromatic hydroxyl groups is 2. The van der Waals surface area contributed by atoms with Gasteiger partial charge in [-0.2, -0.15) is 5.11 Å². The second kappa shape index (κ2) is 6.89. The van der Waals surface area contributed by atoms with Crippen molar-refractivity contribution in [3.63, 3.8) is 0 Å². The lowest BCUT2D eigenvalue weighted by molar-refractivity contribution is 0.446. The number of hydrogen-bond donors (Lipinski definition) is 3. The van der Waals surface area contributed by atoms with Crippen LogP contribution in [0.5, 0.6) is 11.5 Å². The minimum atomic E-state index is -0.146. The van der Waals surface area contributed by atoms with Crippen LogP contribution in [0, 0.1) is 5.53 Å². The summed E-state index contributed by atoms with van der Waals surface area (Å²) in [5.74, 6) is -0.206. The Morgan fingerprint density at radius 1 is 1.12 bits per heavy atom. The molecule has 3 N–H and O–H groups in total. The molecule has 0 atom stereocenters. The largest absolute Gasteiger partial charge is 0.505 e. The molecule has 94 valence electrons. The molecular formula is C13H20N2O2. The standard InChI is InChI=1S/C13H20N2O2/c1-2-3-4-5-6-7-10-8-9-11(16)12(15-14)13(10)17/h8-9,14,16-17H,2-7H2,1H3. The van der Waals surface area contributed by atoms with Crippen molar-refractivity contribution in [2.75, 3.05) is 0 Å². The van der Waals surface area contributed by atoms with Crippen molar-refractivity contribution in [1.82, 2.24) is 0 Å². The molecule has 0 fully saturated rings. The van der Waals surface area contributed by atoms with E-state index in [-0.39, 0.29) is 17.2 Å². The molecule has 1 rings (SSSR count). The summed E-state index contributed by atoms with van der Waals surface area (Å²) in [6.07, 6.45) is 6.59. The average molecular weight is 236 g/mol. The highest BCUT2D eigenvalue weighted by Crippen LogP contribution is 2.38. The molecule has 0 amide bonds. The maximum atomic E-state index is 9.80. The number of phenols is 2. The van der Waals surface area contributed by atoms with Crippen molar-refractivity contribution in [3.8, 4) is 11.5 Å². The van der Waals surface area contributed by atoms with Crippen LogP contribution in [0.15, 0.2) is 17.2 Å². The van der Waals surface area contributed by atoms with Gasteiger partial charge in [0.1, 0.15) is 11.5 Å². The molecule has 0 bridgehead atoms. The van der Waals surface area contributed by atoms with Crippen molar-refractivity contribution in [2.45, 2.75) is 45.4 Å². The Kier molecular flexibility index (Phi) is 5.46. The fourth-order valence-corrected chi connectivity index (χ4v) is 1.84. The zero-order valence-electron chi connectivity index (χ0n) is 10.2. The molecule has 0 saturated carbocycles. The number of aryl methyl sites for hydroxylation is 1. The van der Waals surface area contributed by atoms with E-state index in [1.54, 1.807) is 6.07 Å². The molecule has 0 radical (unpaired) electrons. The van der Waals surface area contributed by atoms with E-state index in [4.69, 9.17) is 5.53 Å². The predicted octanol–water partition coefficient (Wildman–Crippen LogP) is 4.27. The zero-order valence-corrected chi connectivity index (χ0v) is 10.2. The first-order valence-corrected chi connectivity index (χ1v) is 6.12. The number of nitrogens with one attached hydrogen (secondary N) is 1. The molecule has 0 heterocycles. The van der Waals surface area contributed by atoms with Crippen molar-refractivity contribution >= 4 is 5.69 Å². The van der Waals surface area contributed by atoms with E-state index in [1.165, 1.54) is 25.3 Å². The smallest absolute Gasteiger partial charge is 0.168 e. The van der Waals surface area contributed by atoms with Crippen LogP contribution < -0.4 is 0 Å². The Morgan fingerprint density at radius 3 is 2.47 bits per heavy atom. The number of phenolic OH excluding ortho intramolecular Hbond substituents is 2. The van der Waals surface area contributed by atoms with Gasteiger partial charge in [0.15, 0.2) is 5.69 Å². The topological polar surface area (TPSA) is 76.7 Å². The summed E-state index contributed by atoms with van der Waals surface area (Å²) < 4.78 is 0. The number of unbranched alkanes of at least 4 members (excludes halogenated alkanes) is 4. The van der Waals surface area contributed by atoms with E-state index in [9.17, 15) is 10.2 Å². The van der Waals surface area contributed by atoms with Crippen LogP contribution in [0.4, 0.5) is 5.69 Å². The number of hydrogen-bond acceptors (Lipinski definition) is 4. The summed E-state index contributed by atoms with van der Waals surface area (Å²) in [4.78, 5) is 0. The van der Waals surface area contributed by atoms with Gasteiger partial charge >= 0.3 is 0 Å². The second-order valence-electron chi connectivity index (χ2n) is 4.22. The van der Waals surface area contributed by atoms with Gasteiger partial charge in [-0.3, -0.25) is 0 Å². The second-order valence-corrected chi connectivity index (χ2v) is 4.22. The van der Waals surface area contributed by atoms with Crippen LogP contribution in [0.1, 0.15) is 44.6 Å². The molecule has 17 heavy (non-hydrogen) atoms. The van der Waals surface area contributed by atoms with Crippen LogP contribution in [0.3, 0.4) is 0 Å². The summed E-state index contributed by atoms with van der Waals surface area (Å²) >= 11 is 0. The third-order valence-electron chi connectivity index (χ3n) is 2.87. The van der Waals surface area contributed by atoms with E-state index >= 15 is 0 Å². The van der Waals surface area contributed by atoms with Gasteiger partial charge in [-0.25, -0.2) is 5.53 Å². The van der Waals surface area contributed by atoms with Crippen molar-refractivity contribution in [3.05, 3.63) is 17.7 Å². The highest BCUT2D eigenvalue weighted by molar-refractivity contribution is 5.63. The summed E-state index contributed by atoms with van der Waals surface area (Å²) in [6.45, 7) is 2.17. The van der Waals surface area contributed by atoms with E-state index in [1.807, 2.05) is 0 Å². The third kappa shape index (κ3) is 3.73. The maximum Gasteiger partial charge on any atom is 0.168 e.